The number of ether oxygens (including phenoxy) is 1. The van der Waals surface area contributed by atoms with Crippen LogP contribution in [0.3, 0.4) is 0 Å². The number of hydrogen-bond acceptors (Lipinski definition) is 3. The van der Waals surface area contributed by atoms with Gasteiger partial charge in [-0.3, -0.25) is 0 Å². The lowest BCUT2D eigenvalue weighted by molar-refractivity contribution is -0.140. The Morgan fingerprint density at radius 2 is 1.70 bits per heavy atom. The van der Waals surface area contributed by atoms with Crippen LogP contribution in [0, 0.1) is 0 Å². The lowest BCUT2D eigenvalue weighted by Gasteiger charge is -2.10. The molecule has 1 unspecified atom stereocenters. The highest BCUT2D eigenvalue weighted by atomic mass is 19.4. The largest absolute Gasteiger partial charge is 0.460 e. The number of hydrogen-bond donors (Lipinski definition) is 1. The third-order valence-electron chi connectivity index (χ3n) is 2.83. The zero-order valence-corrected chi connectivity index (χ0v) is 11.6. The van der Waals surface area contributed by atoms with Gasteiger partial charge in [-0.05, 0) is 12.8 Å². The van der Waals surface area contributed by atoms with Crippen molar-refractivity contribution in [2.45, 2.75) is 63.6 Å². The molecule has 118 valence electrons. The van der Waals surface area contributed by atoms with Crippen molar-refractivity contribution in [1.29, 1.82) is 0 Å². The average Bonchev–Trinajstić information content (AvgIpc) is 2.37. The van der Waals surface area contributed by atoms with Gasteiger partial charge in [-0.15, -0.1) is 0 Å². The van der Waals surface area contributed by atoms with Gasteiger partial charge in [0.2, 0.25) is 0 Å². The van der Waals surface area contributed by atoms with Crippen LogP contribution in [0.25, 0.3) is 0 Å². The average molecular weight is 296 g/mol. The van der Waals surface area contributed by atoms with E-state index < -0.39 is 24.7 Å². The second kappa shape index (κ2) is 10.7. The fourth-order valence-electron chi connectivity index (χ4n) is 1.73. The molecule has 0 aromatic carbocycles. The minimum atomic E-state index is -4.05. The van der Waals surface area contributed by atoms with Crippen molar-refractivity contribution >= 4 is 5.97 Å². The molecular formula is C14H23F3O3. The Balaban J connectivity index is 3.31. The topological polar surface area (TPSA) is 46.5 Å². The van der Waals surface area contributed by atoms with Crippen LogP contribution in [0.1, 0.15) is 51.4 Å². The predicted octanol–water partition coefficient (Wildman–Crippen LogP) is 3.76. The van der Waals surface area contributed by atoms with E-state index in [9.17, 15) is 23.1 Å². The molecule has 20 heavy (non-hydrogen) atoms. The molecule has 0 spiro atoms. The van der Waals surface area contributed by atoms with Crippen LogP contribution in [0.4, 0.5) is 13.2 Å². The molecule has 1 atom stereocenters. The molecule has 1 N–H and O–H groups in total. The van der Waals surface area contributed by atoms with E-state index in [1.807, 2.05) is 0 Å². The molecule has 0 amide bonds. The highest BCUT2D eigenvalue weighted by molar-refractivity contribution is 5.81. The molecule has 3 nitrogen and oxygen atoms in total. The molecule has 0 saturated carbocycles. The normalized spacial score (nSPS) is 13.0. The van der Waals surface area contributed by atoms with Crippen molar-refractivity contribution in [2.24, 2.45) is 0 Å². The number of carbonyl (C=O) groups excluding carboxylic acids is 1. The van der Waals surface area contributed by atoms with Crippen molar-refractivity contribution < 1.29 is 27.8 Å². The van der Waals surface area contributed by atoms with Gasteiger partial charge in [-0.2, -0.15) is 13.2 Å². The van der Waals surface area contributed by atoms with Crippen LogP contribution < -0.4 is 0 Å². The number of esters is 1. The van der Waals surface area contributed by atoms with E-state index in [2.05, 4.69) is 11.3 Å². The van der Waals surface area contributed by atoms with Gasteiger partial charge in [0.05, 0.1) is 6.10 Å². The second-order valence-corrected chi connectivity index (χ2v) is 4.76. The molecule has 6 heteroatoms. The standard InChI is InChI=1S/C14H23F3O3/c1-2-13(19)20-11-12(18)9-7-5-3-4-6-8-10-14(15,16)17/h2,12,18H,1,3-11H2. The van der Waals surface area contributed by atoms with Crippen LogP contribution >= 0.6 is 0 Å². The lowest BCUT2D eigenvalue weighted by atomic mass is 10.1. The summed E-state index contributed by atoms with van der Waals surface area (Å²) in [4.78, 5) is 10.7. The highest BCUT2D eigenvalue weighted by Gasteiger charge is 2.25. The smallest absolute Gasteiger partial charge is 0.389 e. The van der Waals surface area contributed by atoms with Crippen LogP contribution in [-0.2, 0) is 9.53 Å². The third kappa shape index (κ3) is 13.4. The SMILES string of the molecule is C=CC(=O)OCC(O)CCCCCCCCC(F)(F)F. The molecule has 0 heterocycles. The molecule has 0 aliphatic heterocycles. The van der Waals surface area contributed by atoms with E-state index in [1.165, 1.54) is 0 Å². The molecule has 0 rings (SSSR count). The molecule has 0 fully saturated rings. The van der Waals surface area contributed by atoms with Crippen LogP contribution in [0.5, 0.6) is 0 Å². The summed E-state index contributed by atoms with van der Waals surface area (Å²) in [7, 11) is 0. The van der Waals surface area contributed by atoms with Gasteiger partial charge in [0.1, 0.15) is 6.61 Å². The number of unbranched alkanes of at least 4 members (excludes halogenated alkanes) is 5. The Morgan fingerprint density at radius 1 is 1.15 bits per heavy atom. The number of rotatable bonds is 11. The Labute approximate surface area is 117 Å². The summed E-state index contributed by atoms with van der Waals surface area (Å²) in [6.45, 7) is 3.19. The van der Waals surface area contributed by atoms with Gasteiger partial charge in [0.15, 0.2) is 0 Å². The zero-order chi connectivity index (χ0) is 15.4. The summed E-state index contributed by atoms with van der Waals surface area (Å²) in [5.74, 6) is -0.561. The number of aliphatic hydroxyl groups excluding tert-OH is 1. The number of halogens is 3. The number of alkyl halides is 3. The summed E-state index contributed by atoms with van der Waals surface area (Å²) in [6, 6.07) is 0. The maximum Gasteiger partial charge on any atom is 0.389 e. The van der Waals surface area contributed by atoms with E-state index in [-0.39, 0.29) is 13.0 Å². The van der Waals surface area contributed by atoms with Crippen LogP contribution in [-0.4, -0.2) is 30.0 Å². The van der Waals surface area contributed by atoms with Crippen molar-refractivity contribution in [2.75, 3.05) is 6.61 Å². The van der Waals surface area contributed by atoms with E-state index in [0.717, 1.165) is 31.8 Å². The monoisotopic (exact) mass is 296 g/mol. The van der Waals surface area contributed by atoms with E-state index in [1.54, 1.807) is 0 Å². The van der Waals surface area contributed by atoms with Gasteiger partial charge in [0, 0.05) is 12.5 Å². The zero-order valence-electron chi connectivity index (χ0n) is 11.6. The summed E-state index contributed by atoms with van der Waals surface area (Å²) < 4.78 is 40.3. The van der Waals surface area contributed by atoms with Gasteiger partial charge >= 0.3 is 12.1 Å². The van der Waals surface area contributed by atoms with Gasteiger partial charge < -0.3 is 9.84 Å². The molecule has 0 radical (unpaired) electrons. The van der Waals surface area contributed by atoms with E-state index in [4.69, 9.17) is 0 Å². The fourth-order valence-corrected chi connectivity index (χ4v) is 1.73. The quantitative estimate of drug-likeness (QED) is 0.359. The van der Waals surface area contributed by atoms with Crippen LogP contribution in [0.15, 0.2) is 12.7 Å². The maximum absolute atomic E-state index is 11.9. The van der Waals surface area contributed by atoms with Crippen molar-refractivity contribution in [1.82, 2.24) is 0 Å². The molecule has 0 aromatic rings. The van der Waals surface area contributed by atoms with Crippen molar-refractivity contribution in [3.8, 4) is 0 Å². The number of carbonyl (C=O) groups is 1. The molecule has 0 saturated heterocycles. The minimum absolute atomic E-state index is 0.0452. The predicted molar refractivity (Wildman–Crippen MR) is 70.2 cm³/mol. The Bertz CT molecular complexity index is 277. The maximum atomic E-state index is 11.9. The minimum Gasteiger partial charge on any atom is -0.460 e. The van der Waals surface area contributed by atoms with E-state index in [0.29, 0.717) is 12.8 Å². The van der Waals surface area contributed by atoms with Gasteiger partial charge in [-0.25, -0.2) is 4.79 Å². The van der Waals surface area contributed by atoms with Crippen LogP contribution in [0.2, 0.25) is 0 Å². The lowest BCUT2D eigenvalue weighted by Crippen LogP contribution is -2.17. The molecule has 0 aliphatic carbocycles. The Morgan fingerprint density at radius 3 is 2.25 bits per heavy atom. The molecule has 0 bridgehead atoms. The molecular weight excluding hydrogens is 273 g/mol. The van der Waals surface area contributed by atoms with Crippen molar-refractivity contribution in [3.63, 3.8) is 0 Å². The molecule has 0 aliphatic rings. The highest BCUT2D eigenvalue weighted by Crippen LogP contribution is 2.23. The van der Waals surface area contributed by atoms with Crippen molar-refractivity contribution in [3.05, 3.63) is 12.7 Å². The molecule has 0 aromatic heterocycles. The second-order valence-electron chi connectivity index (χ2n) is 4.76. The Kier molecular flexibility index (Phi) is 10.2. The first-order valence-corrected chi connectivity index (χ1v) is 6.89. The fraction of sp³-hybridized carbons (Fsp3) is 0.786. The first-order valence-electron chi connectivity index (χ1n) is 6.89. The Hall–Kier alpha value is -1.04. The van der Waals surface area contributed by atoms with Gasteiger partial charge in [-0.1, -0.05) is 38.7 Å². The summed E-state index contributed by atoms with van der Waals surface area (Å²) in [5.41, 5.74) is 0. The summed E-state index contributed by atoms with van der Waals surface area (Å²) in [5, 5.41) is 9.49. The van der Waals surface area contributed by atoms with Gasteiger partial charge in [0.25, 0.3) is 0 Å². The summed E-state index contributed by atoms with van der Waals surface area (Å²) >= 11 is 0. The third-order valence-corrected chi connectivity index (χ3v) is 2.83. The summed E-state index contributed by atoms with van der Waals surface area (Å²) in [6.07, 6.45) is 0.139. The first-order chi connectivity index (χ1) is 9.35. The number of aliphatic hydroxyl groups is 1. The first kappa shape index (κ1) is 19.0. The van der Waals surface area contributed by atoms with E-state index >= 15 is 0 Å².